The largest absolute Gasteiger partial charge is 0.361 e. The van der Waals surface area contributed by atoms with E-state index in [1.54, 1.807) is 12.3 Å². The summed E-state index contributed by atoms with van der Waals surface area (Å²) >= 11 is 0. The Bertz CT molecular complexity index is 404. The minimum absolute atomic E-state index is 0.0522. The van der Waals surface area contributed by atoms with Crippen molar-refractivity contribution in [2.45, 2.75) is 13.8 Å². The Kier molecular flexibility index (Phi) is 5.09. The lowest BCUT2D eigenvalue weighted by atomic mass is 9.95. The Morgan fingerprint density at radius 2 is 2.17 bits per heavy atom. The maximum Gasteiger partial charge on any atom is 0.229 e. The topological polar surface area (TPSA) is 71.2 Å². The Morgan fingerprint density at radius 3 is 2.67 bits per heavy atom. The minimum atomic E-state index is -0.180. The van der Waals surface area contributed by atoms with Gasteiger partial charge in [-0.05, 0) is 18.1 Å². The van der Waals surface area contributed by atoms with E-state index < -0.39 is 0 Å². The van der Waals surface area contributed by atoms with Crippen LogP contribution in [0, 0.1) is 11.8 Å². The first-order chi connectivity index (χ1) is 8.47. The lowest BCUT2D eigenvalue weighted by molar-refractivity contribution is -0.120. The first kappa shape index (κ1) is 14.4. The summed E-state index contributed by atoms with van der Waals surface area (Å²) < 4.78 is 0. The van der Waals surface area contributed by atoms with E-state index in [-0.39, 0.29) is 17.7 Å². The standard InChI is InChI=1S/C13H22N4O/c1-9(2)10(8-14)13(18)16-11-6-5-7-15-12(11)17(3)4/h5-7,9-10H,8,14H2,1-4H3,(H,16,18). The van der Waals surface area contributed by atoms with Gasteiger partial charge in [-0.2, -0.15) is 0 Å². The second-order valence-electron chi connectivity index (χ2n) is 4.84. The van der Waals surface area contributed by atoms with E-state index in [1.807, 2.05) is 38.9 Å². The maximum absolute atomic E-state index is 12.1. The molecule has 0 bridgehead atoms. The van der Waals surface area contributed by atoms with Gasteiger partial charge in [0.15, 0.2) is 5.82 Å². The molecule has 3 N–H and O–H groups in total. The molecule has 0 radical (unpaired) electrons. The maximum atomic E-state index is 12.1. The van der Waals surface area contributed by atoms with Gasteiger partial charge in [-0.3, -0.25) is 4.79 Å². The number of hydrogen-bond acceptors (Lipinski definition) is 4. The summed E-state index contributed by atoms with van der Waals surface area (Å²) in [5.41, 5.74) is 6.35. The number of nitrogens with two attached hydrogens (primary N) is 1. The van der Waals surface area contributed by atoms with Gasteiger partial charge in [0.05, 0.1) is 11.6 Å². The molecule has 0 saturated heterocycles. The molecule has 1 unspecified atom stereocenters. The normalized spacial score (nSPS) is 12.3. The zero-order valence-electron chi connectivity index (χ0n) is 11.5. The lowest BCUT2D eigenvalue weighted by Crippen LogP contribution is -2.33. The quantitative estimate of drug-likeness (QED) is 0.826. The van der Waals surface area contributed by atoms with Gasteiger partial charge in [-0.1, -0.05) is 13.8 Å². The van der Waals surface area contributed by atoms with Crippen LogP contribution >= 0.6 is 0 Å². The third kappa shape index (κ3) is 3.43. The molecule has 5 nitrogen and oxygen atoms in total. The number of carbonyl (C=O) groups excluding carboxylic acids is 1. The fourth-order valence-electron chi connectivity index (χ4n) is 1.76. The van der Waals surface area contributed by atoms with Crippen molar-refractivity contribution in [3.05, 3.63) is 18.3 Å². The van der Waals surface area contributed by atoms with Crippen LogP contribution in [0.4, 0.5) is 11.5 Å². The molecule has 1 aromatic heterocycles. The number of rotatable bonds is 5. The highest BCUT2D eigenvalue weighted by atomic mass is 16.1. The Hall–Kier alpha value is -1.62. The average Bonchev–Trinajstić information content (AvgIpc) is 2.29. The van der Waals surface area contributed by atoms with Gasteiger partial charge in [0, 0.05) is 26.8 Å². The van der Waals surface area contributed by atoms with Crippen LogP contribution in [0.5, 0.6) is 0 Å². The van der Waals surface area contributed by atoms with E-state index in [9.17, 15) is 4.79 Å². The molecule has 100 valence electrons. The second-order valence-corrected chi connectivity index (χ2v) is 4.84. The first-order valence-electron chi connectivity index (χ1n) is 6.10. The molecule has 1 rings (SSSR count). The van der Waals surface area contributed by atoms with Crippen LogP contribution in [0.2, 0.25) is 0 Å². The predicted octanol–water partition coefficient (Wildman–Crippen LogP) is 1.32. The molecule has 0 spiro atoms. The molecule has 1 atom stereocenters. The van der Waals surface area contributed by atoms with Crippen molar-refractivity contribution in [1.82, 2.24) is 4.98 Å². The number of pyridine rings is 1. The van der Waals surface area contributed by atoms with Crippen LogP contribution < -0.4 is 16.0 Å². The van der Waals surface area contributed by atoms with Gasteiger partial charge < -0.3 is 16.0 Å². The molecule has 18 heavy (non-hydrogen) atoms. The molecular formula is C13H22N4O. The van der Waals surface area contributed by atoms with Gasteiger partial charge in [0.2, 0.25) is 5.91 Å². The molecule has 1 heterocycles. The zero-order valence-corrected chi connectivity index (χ0v) is 11.5. The predicted molar refractivity (Wildman–Crippen MR) is 74.6 cm³/mol. The number of hydrogen-bond donors (Lipinski definition) is 2. The monoisotopic (exact) mass is 250 g/mol. The molecule has 5 heteroatoms. The molecule has 1 aromatic rings. The highest BCUT2D eigenvalue weighted by molar-refractivity contribution is 5.95. The Morgan fingerprint density at radius 1 is 1.50 bits per heavy atom. The number of amides is 1. The van der Waals surface area contributed by atoms with Crippen molar-refractivity contribution in [1.29, 1.82) is 0 Å². The number of carbonyl (C=O) groups is 1. The summed E-state index contributed by atoms with van der Waals surface area (Å²) in [5, 5.41) is 2.90. The molecule has 0 aliphatic heterocycles. The van der Waals surface area contributed by atoms with E-state index in [1.165, 1.54) is 0 Å². The minimum Gasteiger partial charge on any atom is -0.361 e. The third-order valence-corrected chi connectivity index (χ3v) is 2.86. The summed E-state index contributed by atoms with van der Waals surface area (Å²) in [4.78, 5) is 18.2. The van der Waals surface area contributed by atoms with Crippen molar-refractivity contribution >= 4 is 17.4 Å². The fourth-order valence-corrected chi connectivity index (χ4v) is 1.76. The van der Waals surface area contributed by atoms with Gasteiger partial charge in [0.1, 0.15) is 0 Å². The van der Waals surface area contributed by atoms with Crippen molar-refractivity contribution in [3.63, 3.8) is 0 Å². The molecule has 0 aliphatic carbocycles. The van der Waals surface area contributed by atoms with E-state index in [0.717, 1.165) is 5.82 Å². The van der Waals surface area contributed by atoms with E-state index in [0.29, 0.717) is 12.2 Å². The van der Waals surface area contributed by atoms with Crippen molar-refractivity contribution in [2.24, 2.45) is 17.6 Å². The van der Waals surface area contributed by atoms with Crippen LogP contribution in [-0.4, -0.2) is 31.5 Å². The van der Waals surface area contributed by atoms with Gasteiger partial charge in [-0.25, -0.2) is 4.98 Å². The summed E-state index contributed by atoms with van der Waals surface area (Å²) in [6.07, 6.45) is 1.70. The van der Waals surface area contributed by atoms with Gasteiger partial charge in [-0.15, -0.1) is 0 Å². The first-order valence-corrected chi connectivity index (χ1v) is 6.10. The van der Waals surface area contributed by atoms with Crippen molar-refractivity contribution < 1.29 is 4.79 Å². The van der Waals surface area contributed by atoms with Gasteiger partial charge in [0.25, 0.3) is 0 Å². The molecular weight excluding hydrogens is 228 g/mol. The summed E-state index contributed by atoms with van der Waals surface area (Å²) in [5.74, 6) is 0.726. The zero-order chi connectivity index (χ0) is 13.7. The third-order valence-electron chi connectivity index (χ3n) is 2.86. The van der Waals surface area contributed by atoms with Crippen LogP contribution in [0.25, 0.3) is 0 Å². The Balaban J connectivity index is 2.87. The smallest absolute Gasteiger partial charge is 0.229 e. The second kappa shape index (κ2) is 6.35. The molecule has 0 aliphatic rings. The molecule has 0 fully saturated rings. The van der Waals surface area contributed by atoms with E-state index in [2.05, 4.69) is 10.3 Å². The molecule has 1 amide bonds. The number of nitrogens with zero attached hydrogens (tertiary/aromatic N) is 2. The summed E-state index contributed by atoms with van der Waals surface area (Å²) in [6.45, 7) is 4.33. The van der Waals surface area contributed by atoms with E-state index in [4.69, 9.17) is 5.73 Å². The van der Waals surface area contributed by atoms with Gasteiger partial charge >= 0.3 is 0 Å². The molecule has 0 aromatic carbocycles. The highest BCUT2D eigenvalue weighted by Gasteiger charge is 2.21. The summed E-state index contributed by atoms with van der Waals surface area (Å²) in [7, 11) is 3.78. The van der Waals surface area contributed by atoms with Crippen LogP contribution in [0.15, 0.2) is 18.3 Å². The highest BCUT2D eigenvalue weighted by Crippen LogP contribution is 2.22. The van der Waals surface area contributed by atoms with E-state index >= 15 is 0 Å². The number of aromatic nitrogens is 1. The van der Waals surface area contributed by atoms with Crippen molar-refractivity contribution in [2.75, 3.05) is 30.9 Å². The lowest BCUT2D eigenvalue weighted by Gasteiger charge is -2.21. The number of anilines is 2. The van der Waals surface area contributed by atoms with Crippen LogP contribution in [-0.2, 0) is 4.79 Å². The van der Waals surface area contributed by atoms with Crippen LogP contribution in [0.3, 0.4) is 0 Å². The number of nitrogens with one attached hydrogen (secondary N) is 1. The SMILES string of the molecule is CC(C)C(CN)C(=O)Nc1cccnc1N(C)C. The average molecular weight is 250 g/mol. The van der Waals surface area contributed by atoms with Crippen LogP contribution in [0.1, 0.15) is 13.8 Å². The van der Waals surface area contributed by atoms with Crippen molar-refractivity contribution in [3.8, 4) is 0 Å². The molecule has 0 saturated carbocycles. The fraction of sp³-hybridized carbons (Fsp3) is 0.538. The Labute approximate surface area is 108 Å². The summed E-state index contributed by atoms with van der Waals surface area (Å²) in [6, 6.07) is 3.64.